The lowest BCUT2D eigenvalue weighted by Crippen LogP contribution is -2.17. The van der Waals surface area contributed by atoms with E-state index >= 15 is 0 Å². The molecule has 26 heavy (non-hydrogen) atoms. The fourth-order valence-electron chi connectivity index (χ4n) is 2.72. The number of benzene rings is 2. The number of aromatic nitrogens is 1. The third kappa shape index (κ3) is 4.18. The van der Waals surface area contributed by atoms with Crippen LogP contribution < -0.4 is 16.4 Å². The lowest BCUT2D eigenvalue weighted by Gasteiger charge is -2.08. The van der Waals surface area contributed by atoms with Gasteiger partial charge in [0.1, 0.15) is 0 Å². The molecule has 0 aliphatic rings. The minimum atomic E-state index is -0.422. The normalized spacial score (nSPS) is 10.7. The SMILES string of the molecule is CC(=O)Nc1cccc(NC(=O)CCCn2c(=O)oc3ccccc32)c1. The standard InChI is InChI=1S/C19H19N3O4/c1-13(23)20-14-6-4-7-15(12-14)21-18(24)10-5-11-22-16-8-2-3-9-17(16)26-19(22)25/h2-4,6-9,12H,5,10-11H2,1H3,(H,20,23)(H,21,24). The van der Waals surface area contributed by atoms with E-state index in [1.54, 1.807) is 36.4 Å². The topological polar surface area (TPSA) is 93.3 Å². The number of rotatable bonds is 6. The lowest BCUT2D eigenvalue weighted by molar-refractivity contribution is -0.116. The molecule has 7 heteroatoms. The number of anilines is 2. The Kier molecular flexibility index (Phi) is 5.17. The molecule has 1 aromatic heterocycles. The maximum absolute atomic E-state index is 12.1. The highest BCUT2D eigenvalue weighted by molar-refractivity contribution is 5.93. The fraction of sp³-hybridized carbons (Fsp3) is 0.211. The van der Waals surface area contributed by atoms with E-state index in [0.29, 0.717) is 29.9 Å². The molecule has 0 aliphatic heterocycles. The van der Waals surface area contributed by atoms with Crippen LogP contribution in [0.2, 0.25) is 0 Å². The van der Waals surface area contributed by atoms with Crippen LogP contribution in [0.3, 0.4) is 0 Å². The van der Waals surface area contributed by atoms with E-state index in [-0.39, 0.29) is 18.2 Å². The molecule has 2 aromatic carbocycles. The Morgan fingerprint density at radius 3 is 2.54 bits per heavy atom. The first-order valence-corrected chi connectivity index (χ1v) is 8.29. The number of nitrogens with zero attached hydrogens (tertiary/aromatic N) is 1. The first-order chi connectivity index (χ1) is 12.5. The molecular formula is C19H19N3O4. The number of nitrogens with one attached hydrogen (secondary N) is 2. The van der Waals surface area contributed by atoms with Crippen molar-refractivity contribution in [1.29, 1.82) is 0 Å². The van der Waals surface area contributed by atoms with E-state index in [4.69, 9.17) is 4.42 Å². The number of aryl methyl sites for hydroxylation is 1. The smallest absolute Gasteiger partial charge is 0.408 e. The van der Waals surface area contributed by atoms with Crippen molar-refractivity contribution in [3.8, 4) is 0 Å². The molecule has 7 nitrogen and oxygen atoms in total. The Morgan fingerprint density at radius 1 is 1.04 bits per heavy atom. The first kappa shape index (κ1) is 17.5. The molecule has 0 fully saturated rings. The Bertz CT molecular complexity index is 1000. The van der Waals surface area contributed by atoms with Crippen LogP contribution in [0.4, 0.5) is 11.4 Å². The summed E-state index contributed by atoms with van der Waals surface area (Å²) in [6.07, 6.45) is 0.761. The van der Waals surface area contributed by atoms with Gasteiger partial charge in [0, 0.05) is 31.3 Å². The second-order valence-corrected chi connectivity index (χ2v) is 5.90. The maximum Gasteiger partial charge on any atom is 0.419 e. The third-order valence-electron chi connectivity index (χ3n) is 3.83. The summed E-state index contributed by atoms with van der Waals surface area (Å²) in [7, 11) is 0. The largest absolute Gasteiger partial charge is 0.419 e. The number of fused-ring (bicyclic) bond motifs is 1. The van der Waals surface area contributed by atoms with Gasteiger partial charge in [0.15, 0.2) is 5.58 Å². The number of carbonyl (C=O) groups is 2. The van der Waals surface area contributed by atoms with E-state index in [1.165, 1.54) is 11.5 Å². The number of oxazole rings is 1. The maximum atomic E-state index is 12.1. The van der Waals surface area contributed by atoms with Crippen molar-refractivity contribution in [2.24, 2.45) is 0 Å². The van der Waals surface area contributed by atoms with Crippen molar-refractivity contribution in [3.05, 3.63) is 59.1 Å². The predicted molar refractivity (Wildman–Crippen MR) is 99.1 cm³/mol. The third-order valence-corrected chi connectivity index (χ3v) is 3.83. The Labute approximate surface area is 149 Å². The molecule has 0 bridgehead atoms. The van der Waals surface area contributed by atoms with Crippen LogP contribution in [-0.2, 0) is 16.1 Å². The van der Waals surface area contributed by atoms with Crippen LogP contribution in [0.5, 0.6) is 0 Å². The molecule has 0 spiro atoms. The van der Waals surface area contributed by atoms with Crippen LogP contribution >= 0.6 is 0 Å². The molecule has 3 aromatic rings. The number of para-hydroxylation sites is 2. The van der Waals surface area contributed by atoms with Crippen molar-refractivity contribution < 1.29 is 14.0 Å². The summed E-state index contributed by atoms with van der Waals surface area (Å²) < 4.78 is 6.70. The second-order valence-electron chi connectivity index (χ2n) is 5.90. The molecule has 0 atom stereocenters. The van der Waals surface area contributed by atoms with Gasteiger partial charge in [-0.15, -0.1) is 0 Å². The first-order valence-electron chi connectivity index (χ1n) is 8.29. The van der Waals surface area contributed by atoms with Gasteiger partial charge in [0.25, 0.3) is 0 Å². The number of hydrogen-bond donors (Lipinski definition) is 2. The summed E-state index contributed by atoms with van der Waals surface area (Å²) >= 11 is 0. The second kappa shape index (κ2) is 7.69. The molecule has 0 unspecified atom stereocenters. The summed E-state index contributed by atoms with van der Waals surface area (Å²) in [5, 5.41) is 5.45. The Balaban J connectivity index is 1.57. The van der Waals surface area contributed by atoms with E-state index in [9.17, 15) is 14.4 Å². The number of carbonyl (C=O) groups excluding carboxylic acids is 2. The van der Waals surface area contributed by atoms with Gasteiger partial charge < -0.3 is 15.1 Å². The Hall–Kier alpha value is -3.35. The summed E-state index contributed by atoms with van der Waals surface area (Å²) in [6, 6.07) is 14.1. The fourth-order valence-corrected chi connectivity index (χ4v) is 2.72. The van der Waals surface area contributed by atoms with Gasteiger partial charge in [-0.3, -0.25) is 14.2 Å². The predicted octanol–water partition coefficient (Wildman–Crippen LogP) is 2.97. The molecular weight excluding hydrogens is 334 g/mol. The van der Waals surface area contributed by atoms with Crippen molar-refractivity contribution in [2.45, 2.75) is 26.3 Å². The van der Waals surface area contributed by atoms with Crippen molar-refractivity contribution in [3.63, 3.8) is 0 Å². The summed E-state index contributed by atoms with van der Waals surface area (Å²) in [4.78, 5) is 35.1. The van der Waals surface area contributed by atoms with Gasteiger partial charge in [0.05, 0.1) is 5.52 Å². The quantitative estimate of drug-likeness (QED) is 0.712. The van der Waals surface area contributed by atoms with Gasteiger partial charge in [-0.25, -0.2) is 4.79 Å². The number of amides is 2. The Morgan fingerprint density at radius 2 is 1.77 bits per heavy atom. The van der Waals surface area contributed by atoms with Crippen molar-refractivity contribution >= 4 is 34.3 Å². The van der Waals surface area contributed by atoms with Crippen molar-refractivity contribution in [2.75, 3.05) is 10.6 Å². The highest BCUT2D eigenvalue weighted by Gasteiger charge is 2.09. The van der Waals surface area contributed by atoms with Crippen molar-refractivity contribution in [1.82, 2.24) is 4.57 Å². The lowest BCUT2D eigenvalue weighted by atomic mass is 10.2. The van der Waals surface area contributed by atoms with E-state index in [0.717, 1.165) is 5.52 Å². The van der Waals surface area contributed by atoms with Gasteiger partial charge in [0.2, 0.25) is 11.8 Å². The van der Waals surface area contributed by atoms with E-state index in [1.807, 2.05) is 12.1 Å². The molecule has 0 saturated heterocycles. The molecule has 0 saturated carbocycles. The zero-order valence-electron chi connectivity index (χ0n) is 14.3. The minimum absolute atomic E-state index is 0.161. The molecule has 134 valence electrons. The molecule has 2 N–H and O–H groups in total. The molecule has 0 aliphatic carbocycles. The van der Waals surface area contributed by atoms with Crippen LogP contribution in [-0.4, -0.2) is 16.4 Å². The van der Waals surface area contributed by atoms with Gasteiger partial charge >= 0.3 is 5.76 Å². The van der Waals surface area contributed by atoms with Crippen LogP contribution in [0, 0.1) is 0 Å². The monoisotopic (exact) mass is 353 g/mol. The summed E-state index contributed by atoms with van der Waals surface area (Å²) in [5.74, 6) is -0.758. The molecule has 0 radical (unpaired) electrons. The average Bonchev–Trinajstić information content (AvgIpc) is 2.90. The highest BCUT2D eigenvalue weighted by atomic mass is 16.4. The van der Waals surface area contributed by atoms with E-state index in [2.05, 4.69) is 10.6 Å². The van der Waals surface area contributed by atoms with Crippen LogP contribution in [0.15, 0.2) is 57.7 Å². The summed E-state index contributed by atoms with van der Waals surface area (Å²) in [5.41, 5.74) is 2.48. The molecule has 1 heterocycles. The van der Waals surface area contributed by atoms with Gasteiger partial charge in [-0.2, -0.15) is 0 Å². The molecule has 3 rings (SSSR count). The minimum Gasteiger partial charge on any atom is -0.408 e. The summed E-state index contributed by atoms with van der Waals surface area (Å²) in [6.45, 7) is 1.82. The zero-order chi connectivity index (χ0) is 18.5. The highest BCUT2D eigenvalue weighted by Crippen LogP contribution is 2.16. The van der Waals surface area contributed by atoms with Crippen LogP contribution in [0.25, 0.3) is 11.1 Å². The zero-order valence-corrected chi connectivity index (χ0v) is 14.3. The van der Waals surface area contributed by atoms with Gasteiger partial charge in [-0.05, 0) is 36.8 Å². The van der Waals surface area contributed by atoms with Crippen LogP contribution in [0.1, 0.15) is 19.8 Å². The number of hydrogen-bond acceptors (Lipinski definition) is 4. The van der Waals surface area contributed by atoms with Gasteiger partial charge in [-0.1, -0.05) is 18.2 Å². The van der Waals surface area contributed by atoms with E-state index < -0.39 is 5.76 Å². The molecule has 2 amide bonds. The average molecular weight is 353 g/mol.